The molecule has 0 spiro atoms. The van der Waals surface area contributed by atoms with Gasteiger partial charge in [0, 0.05) is 13.0 Å². The molecule has 9 heteroatoms. The number of carbonyl (C=O) groups excluding carboxylic acids is 2. The zero-order chi connectivity index (χ0) is 28.6. The molecule has 0 aliphatic carbocycles. The summed E-state index contributed by atoms with van der Waals surface area (Å²) in [5, 5.41) is 0. The number of thiocarbonyl (C=S) groups is 1. The minimum Gasteiger partial charge on any atom is -0.490 e. The van der Waals surface area contributed by atoms with Crippen molar-refractivity contribution in [1.29, 1.82) is 0 Å². The maximum Gasteiger partial charge on any atom is 0.305 e. The molecule has 210 valence electrons. The molecule has 1 fully saturated rings. The summed E-state index contributed by atoms with van der Waals surface area (Å²) in [5.41, 5.74) is 3.25. The Kier molecular flexibility index (Phi) is 11.4. The van der Waals surface area contributed by atoms with Crippen molar-refractivity contribution in [2.24, 2.45) is 0 Å². The Morgan fingerprint density at radius 1 is 1.10 bits per heavy atom. The van der Waals surface area contributed by atoms with Crippen molar-refractivity contribution in [2.75, 3.05) is 20.3 Å². The summed E-state index contributed by atoms with van der Waals surface area (Å²) >= 11 is 10.4. The summed E-state index contributed by atoms with van der Waals surface area (Å²) in [4.78, 5) is 26.5. The van der Waals surface area contributed by atoms with Crippen LogP contribution >= 0.6 is 39.9 Å². The molecular formula is C30H36BrNO5S2. The minimum absolute atomic E-state index is 0.0976. The Morgan fingerprint density at radius 3 is 2.46 bits per heavy atom. The summed E-state index contributed by atoms with van der Waals surface area (Å²) < 4.78 is 18.0. The van der Waals surface area contributed by atoms with E-state index in [1.807, 2.05) is 25.1 Å². The molecular weight excluding hydrogens is 598 g/mol. The van der Waals surface area contributed by atoms with Gasteiger partial charge in [-0.15, -0.1) is 0 Å². The maximum absolute atomic E-state index is 13.1. The number of carbonyl (C=O) groups is 2. The Morgan fingerprint density at radius 2 is 1.82 bits per heavy atom. The molecule has 6 nitrogen and oxygen atoms in total. The SMILES string of the molecule is CCOc1cc(/C=C2/SC(=S)N(CCCCCC(=O)OC)C2=O)cc(Br)c1OCc1ccc(C(C)(C)C)cc1. The Hall–Kier alpha value is -2.36. The van der Waals surface area contributed by atoms with Gasteiger partial charge >= 0.3 is 5.97 Å². The van der Waals surface area contributed by atoms with Crippen LogP contribution in [0.15, 0.2) is 45.8 Å². The van der Waals surface area contributed by atoms with E-state index in [9.17, 15) is 9.59 Å². The molecule has 0 N–H and O–H groups in total. The molecule has 1 heterocycles. The summed E-state index contributed by atoms with van der Waals surface area (Å²) in [6.45, 7) is 9.91. The predicted molar refractivity (Wildman–Crippen MR) is 165 cm³/mol. The highest BCUT2D eigenvalue weighted by Crippen LogP contribution is 2.40. The number of methoxy groups -OCH3 is 1. The third-order valence-corrected chi connectivity index (χ3v) is 8.16. The molecule has 1 aliphatic heterocycles. The van der Waals surface area contributed by atoms with Gasteiger partial charge in [-0.2, -0.15) is 0 Å². The summed E-state index contributed by atoms with van der Waals surface area (Å²) in [6, 6.07) is 12.2. The van der Waals surface area contributed by atoms with Crippen molar-refractivity contribution in [3.8, 4) is 11.5 Å². The van der Waals surface area contributed by atoms with E-state index in [0.717, 1.165) is 34.9 Å². The normalized spacial score (nSPS) is 14.7. The fourth-order valence-electron chi connectivity index (χ4n) is 3.99. The van der Waals surface area contributed by atoms with Crippen LogP contribution < -0.4 is 9.47 Å². The number of halogens is 1. The standard InChI is InChI=1S/C30H36BrNO5S2/c1-6-36-24-17-21(16-23(31)27(24)37-19-20-11-13-22(14-12-20)30(2,3)4)18-25-28(34)32(29(38)39-25)15-9-7-8-10-26(33)35-5/h11-14,16-18H,6-10,15,19H2,1-5H3/b25-18+. The van der Waals surface area contributed by atoms with Crippen molar-refractivity contribution in [3.63, 3.8) is 0 Å². The Bertz CT molecular complexity index is 1220. The highest BCUT2D eigenvalue weighted by atomic mass is 79.9. The van der Waals surface area contributed by atoms with E-state index in [1.165, 1.54) is 24.4 Å². The largest absolute Gasteiger partial charge is 0.490 e. The van der Waals surface area contributed by atoms with Gasteiger partial charge in [-0.1, -0.05) is 75.4 Å². The second-order valence-corrected chi connectivity index (χ2v) is 12.7. The van der Waals surface area contributed by atoms with Crippen molar-refractivity contribution in [1.82, 2.24) is 4.90 Å². The van der Waals surface area contributed by atoms with Crippen LogP contribution in [0.3, 0.4) is 0 Å². The van der Waals surface area contributed by atoms with Gasteiger partial charge in [0.15, 0.2) is 11.5 Å². The highest BCUT2D eigenvalue weighted by Gasteiger charge is 2.31. The molecule has 0 saturated carbocycles. The summed E-state index contributed by atoms with van der Waals surface area (Å²) in [5.74, 6) is 0.900. The highest BCUT2D eigenvalue weighted by molar-refractivity contribution is 9.10. The maximum atomic E-state index is 13.1. The third-order valence-electron chi connectivity index (χ3n) is 6.20. The predicted octanol–water partition coefficient (Wildman–Crippen LogP) is 7.66. The molecule has 1 aliphatic rings. The second kappa shape index (κ2) is 14.3. The molecule has 0 aromatic heterocycles. The number of thioether (sulfide) groups is 1. The number of ether oxygens (including phenoxy) is 3. The van der Waals surface area contributed by atoms with E-state index in [0.29, 0.717) is 46.9 Å². The Labute approximate surface area is 249 Å². The van der Waals surface area contributed by atoms with E-state index in [4.69, 9.17) is 21.7 Å². The molecule has 2 aromatic rings. The first-order valence-electron chi connectivity index (χ1n) is 13.0. The molecule has 0 unspecified atom stereocenters. The van der Waals surface area contributed by atoms with Gasteiger partial charge in [-0.25, -0.2) is 0 Å². The van der Waals surface area contributed by atoms with Crippen LogP contribution in [-0.2, 0) is 26.3 Å². The first kappa shape index (κ1) is 31.2. The van der Waals surface area contributed by atoms with Gasteiger partial charge in [0.05, 0.1) is 23.1 Å². The topological polar surface area (TPSA) is 65.1 Å². The average molecular weight is 635 g/mol. The molecule has 39 heavy (non-hydrogen) atoms. The van der Waals surface area contributed by atoms with Gasteiger partial charge in [0.25, 0.3) is 5.91 Å². The zero-order valence-electron chi connectivity index (χ0n) is 23.2. The summed E-state index contributed by atoms with van der Waals surface area (Å²) in [7, 11) is 1.39. The van der Waals surface area contributed by atoms with Crippen LogP contribution in [0.25, 0.3) is 6.08 Å². The molecule has 0 bridgehead atoms. The number of unbranched alkanes of at least 4 members (excludes halogenated alkanes) is 2. The summed E-state index contributed by atoms with van der Waals surface area (Å²) in [6.07, 6.45) is 4.52. The van der Waals surface area contributed by atoms with E-state index in [-0.39, 0.29) is 17.3 Å². The van der Waals surface area contributed by atoms with E-state index < -0.39 is 0 Å². The lowest BCUT2D eigenvalue weighted by atomic mass is 9.87. The van der Waals surface area contributed by atoms with Crippen LogP contribution in [0.4, 0.5) is 0 Å². The third kappa shape index (κ3) is 8.82. The van der Waals surface area contributed by atoms with Gasteiger partial charge in [-0.3, -0.25) is 14.5 Å². The number of hydrogen-bond donors (Lipinski definition) is 0. The first-order valence-corrected chi connectivity index (χ1v) is 15.1. The van der Waals surface area contributed by atoms with Crippen LogP contribution in [0.1, 0.15) is 70.1 Å². The van der Waals surface area contributed by atoms with Gasteiger partial charge in [-0.05, 0) is 76.0 Å². The number of esters is 1. The van der Waals surface area contributed by atoms with Gasteiger partial charge in [0.2, 0.25) is 0 Å². The number of benzene rings is 2. The fourth-order valence-corrected chi connectivity index (χ4v) is 5.88. The van der Waals surface area contributed by atoms with Crippen LogP contribution in [0.2, 0.25) is 0 Å². The number of amides is 1. The Balaban J connectivity index is 1.68. The number of nitrogens with zero attached hydrogens (tertiary/aromatic N) is 1. The molecule has 1 amide bonds. The zero-order valence-corrected chi connectivity index (χ0v) is 26.4. The van der Waals surface area contributed by atoms with Crippen LogP contribution in [0, 0.1) is 0 Å². The molecule has 0 atom stereocenters. The molecule has 2 aromatic carbocycles. The molecule has 3 rings (SSSR count). The number of hydrogen-bond acceptors (Lipinski definition) is 7. The van der Waals surface area contributed by atoms with Crippen molar-refractivity contribution >= 4 is 62.2 Å². The fraction of sp³-hybridized carbons (Fsp3) is 0.433. The van der Waals surface area contributed by atoms with Gasteiger partial charge in [0.1, 0.15) is 10.9 Å². The monoisotopic (exact) mass is 633 g/mol. The lowest BCUT2D eigenvalue weighted by Crippen LogP contribution is -2.29. The van der Waals surface area contributed by atoms with E-state index in [1.54, 1.807) is 4.90 Å². The second-order valence-electron chi connectivity index (χ2n) is 10.2. The van der Waals surface area contributed by atoms with E-state index >= 15 is 0 Å². The van der Waals surface area contributed by atoms with Crippen molar-refractivity contribution in [3.05, 3.63) is 62.5 Å². The molecule has 1 saturated heterocycles. The minimum atomic E-state index is -0.215. The molecule has 0 radical (unpaired) electrons. The van der Waals surface area contributed by atoms with Crippen molar-refractivity contribution in [2.45, 2.75) is 65.4 Å². The first-order chi connectivity index (χ1) is 18.5. The quantitative estimate of drug-likeness (QED) is 0.103. The average Bonchev–Trinajstić information content (AvgIpc) is 3.15. The number of rotatable bonds is 12. The lowest BCUT2D eigenvalue weighted by molar-refractivity contribution is -0.140. The lowest BCUT2D eigenvalue weighted by Gasteiger charge is -2.19. The smallest absolute Gasteiger partial charge is 0.305 e. The van der Waals surface area contributed by atoms with Crippen molar-refractivity contribution < 1.29 is 23.8 Å². The van der Waals surface area contributed by atoms with Crippen LogP contribution in [0.5, 0.6) is 11.5 Å². The van der Waals surface area contributed by atoms with E-state index in [2.05, 4.69) is 65.7 Å². The van der Waals surface area contributed by atoms with Crippen LogP contribution in [-0.4, -0.2) is 41.4 Å². The van der Waals surface area contributed by atoms with Gasteiger partial charge < -0.3 is 14.2 Å².